The SMILES string of the molecule is Cc1ccc(C(=O)CC2CS(=O)(=O)CCN2)cc1. The molecule has 5 heteroatoms. The molecule has 1 aromatic rings. The highest BCUT2D eigenvalue weighted by molar-refractivity contribution is 7.91. The number of sulfone groups is 1. The zero-order valence-electron chi connectivity index (χ0n) is 10.3. The van der Waals surface area contributed by atoms with Crippen molar-refractivity contribution < 1.29 is 13.2 Å². The van der Waals surface area contributed by atoms with Crippen molar-refractivity contribution in [3.05, 3.63) is 35.4 Å². The maximum absolute atomic E-state index is 12.0. The van der Waals surface area contributed by atoms with Crippen LogP contribution in [-0.2, 0) is 9.84 Å². The Morgan fingerprint density at radius 3 is 2.61 bits per heavy atom. The summed E-state index contributed by atoms with van der Waals surface area (Å²) < 4.78 is 22.9. The molecule has 1 aliphatic heterocycles. The van der Waals surface area contributed by atoms with Gasteiger partial charge in [-0.3, -0.25) is 4.79 Å². The van der Waals surface area contributed by atoms with E-state index < -0.39 is 9.84 Å². The summed E-state index contributed by atoms with van der Waals surface area (Å²) in [5.74, 6) is 0.219. The number of ketones is 1. The molecule has 1 heterocycles. The number of carbonyl (C=O) groups is 1. The number of carbonyl (C=O) groups excluding carboxylic acids is 1. The molecule has 18 heavy (non-hydrogen) atoms. The molecule has 1 fully saturated rings. The fraction of sp³-hybridized carbons (Fsp3) is 0.462. The highest BCUT2D eigenvalue weighted by atomic mass is 32.2. The van der Waals surface area contributed by atoms with Crippen molar-refractivity contribution in [2.75, 3.05) is 18.1 Å². The fourth-order valence-corrected chi connectivity index (χ4v) is 3.52. The van der Waals surface area contributed by atoms with E-state index in [1.807, 2.05) is 19.1 Å². The number of hydrogen-bond acceptors (Lipinski definition) is 4. The van der Waals surface area contributed by atoms with Gasteiger partial charge in [0.15, 0.2) is 15.6 Å². The van der Waals surface area contributed by atoms with Crippen molar-refractivity contribution in [1.82, 2.24) is 5.32 Å². The zero-order chi connectivity index (χ0) is 13.2. The lowest BCUT2D eigenvalue weighted by Crippen LogP contribution is -2.45. The lowest BCUT2D eigenvalue weighted by Gasteiger charge is -2.22. The monoisotopic (exact) mass is 267 g/mol. The second-order valence-electron chi connectivity index (χ2n) is 4.76. The molecule has 1 N–H and O–H groups in total. The van der Waals surface area contributed by atoms with Crippen LogP contribution in [0.15, 0.2) is 24.3 Å². The van der Waals surface area contributed by atoms with Gasteiger partial charge in [-0.25, -0.2) is 8.42 Å². The third-order valence-electron chi connectivity index (χ3n) is 3.11. The van der Waals surface area contributed by atoms with Crippen LogP contribution >= 0.6 is 0 Å². The van der Waals surface area contributed by atoms with Gasteiger partial charge in [0.25, 0.3) is 0 Å². The number of hydrogen-bond donors (Lipinski definition) is 1. The van der Waals surface area contributed by atoms with Crippen molar-refractivity contribution in [3.8, 4) is 0 Å². The predicted octanol–water partition coefficient (Wildman–Crippen LogP) is 0.954. The van der Waals surface area contributed by atoms with E-state index in [9.17, 15) is 13.2 Å². The van der Waals surface area contributed by atoms with Crippen molar-refractivity contribution in [2.45, 2.75) is 19.4 Å². The zero-order valence-corrected chi connectivity index (χ0v) is 11.2. The quantitative estimate of drug-likeness (QED) is 0.828. The van der Waals surface area contributed by atoms with Crippen LogP contribution in [-0.4, -0.2) is 38.3 Å². The molecule has 0 bridgehead atoms. The third-order valence-corrected chi connectivity index (χ3v) is 4.84. The minimum absolute atomic E-state index is 0.00963. The van der Waals surface area contributed by atoms with E-state index >= 15 is 0 Å². The summed E-state index contributed by atoms with van der Waals surface area (Å²) in [6.07, 6.45) is 0.238. The lowest BCUT2D eigenvalue weighted by atomic mass is 10.0. The van der Waals surface area contributed by atoms with E-state index in [0.717, 1.165) is 5.56 Å². The number of Topliss-reactive ketones (excluding diaryl/α,β-unsaturated/α-hetero) is 1. The molecule has 1 aliphatic rings. The normalized spacial score (nSPS) is 22.6. The van der Waals surface area contributed by atoms with Gasteiger partial charge < -0.3 is 5.32 Å². The molecular weight excluding hydrogens is 250 g/mol. The molecule has 1 aromatic carbocycles. The highest BCUT2D eigenvalue weighted by Crippen LogP contribution is 2.11. The van der Waals surface area contributed by atoms with Crippen LogP contribution in [0.4, 0.5) is 0 Å². The van der Waals surface area contributed by atoms with Crippen LogP contribution in [0.1, 0.15) is 22.3 Å². The molecule has 0 radical (unpaired) electrons. The molecule has 1 saturated heterocycles. The van der Waals surface area contributed by atoms with Gasteiger partial charge in [0.05, 0.1) is 11.5 Å². The fourth-order valence-electron chi connectivity index (χ4n) is 2.08. The van der Waals surface area contributed by atoms with Gasteiger partial charge >= 0.3 is 0 Å². The molecule has 0 spiro atoms. The molecule has 4 nitrogen and oxygen atoms in total. The maximum Gasteiger partial charge on any atom is 0.164 e. The highest BCUT2D eigenvalue weighted by Gasteiger charge is 2.26. The summed E-state index contributed by atoms with van der Waals surface area (Å²) >= 11 is 0. The van der Waals surface area contributed by atoms with E-state index in [-0.39, 0.29) is 29.8 Å². The van der Waals surface area contributed by atoms with Crippen LogP contribution in [0.5, 0.6) is 0 Å². The largest absolute Gasteiger partial charge is 0.312 e. The topological polar surface area (TPSA) is 63.2 Å². The van der Waals surface area contributed by atoms with Crippen LogP contribution < -0.4 is 5.32 Å². The van der Waals surface area contributed by atoms with Gasteiger partial charge in [0.1, 0.15) is 0 Å². The summed E-state index contributed by atoms with van der Waals surface area (Å²) in [4.78, 5) is 12.0. The van der Waals surface area contributed by atoms with Crippen molar-refractivity contribution >= 4 is 15.6 Å². The summed E-state index contributed by atoms with van der Waals surface area (Å²) in [6, 6.07) is 7.10. The first-order valence-electron chi connectivity index (χ1n) is 6.00. The van der Waals surface area contributed by atoms with Crippen molar-refractivity contribution in [2.24, 2.45) is 0 Å². The van der Waals surface area contributed by atoms with E-state index in [1.54, 1.807) is 12.1 Å². The van der Waals surface area contributed by atoms with Crippen molar-refractivity contribution in [3.63, 3.8) is 0 Å². The van der Waals surface area contributed by atoms with Gasteiger partial charge in [0.2, 0.25) is 0 Å². The van der Waals surface area contributed by atoms with E-state index in [1.165, 1.54) is 0 Å². The molecule has 0 aromatic heterocycles. The van der Waals surface area contributed by atoms with Crippen LogP contribution in [0.25, 0.3) is 0 Å². The second kappa shape index (κ2) is 5.20. The van der Waals surface area contributed by atoms with Crippen LogP contribution in [0, 0.1) is 6.92 Å². The molecule has 0 amide bonds. The minimum Gasteiger partial charge on any atom is -0.312 e. The molecule has 0 aliphatic carbocycles. The Bertz CT molecular complexity index is 534. The Labute approximate surface area is 107 Å². The van der Waals surface area contributed by atoms with E-state index in [2.05, 4.69) is 5.32 Å². The Balaban J connectivity index is 2.01. The minimum atomic E-state index is -2.98. The Kier molecular flexibility index (Phi) is 3.82. The maximum atomic E-state index is 12.0. The molecule has 0 saturated carbocycles. The van der Waals surface area contributed by atoms with E-state index in [4.69, 9.17) is 0 Å². The smallest absolute Gasteiger partial charge is 0.164 e. The summed E-state index contributed by atoms with van der Waals surface area (Å²) in [6.45, 7) is 2.40. The van der Waals surface area contributed by atoms with Gasteiger partial charge in [0, 0.05) is 24.6 Å². The van der Waals surface area contributed by atoms with E-state index in [0.29, 0.717) is 12.1 Å². The van der Waals surface area contributed by atoms with Gasteiger partial charge in [-0.1, -0.05) is 29.8 Å². The first kappa shape index (κ1) is 13.2. The first-order valence-corrected chi connectivity index (χ1v) is 7.82. The number of benzene rings is 1. The van der Waals surface area contributed by atoms with Crippen LogP contribution in [0.2, 0.25) is 0 Å². The summed E-state index contributed by atoms with van der Waals surface area (Å²) in [7, 11) is -2.98. The Hall–Kier alpha value is -1.20. The van der Waals surface area contributed by atoms with Crippen LogP contribution in [0.3, 0.4) is 0 Å². The van der Waals surface area contributed by atoms with Gasteiger partial charge in [-0.05, 0) is 6.92 Å². The average molecular weight is 267 g/mol. The Morgan fingerprint density at radius 2 is 2.00 bits per heavy atom. The molecule has 1 atom stereocenters. The van der Waals surface area contributed by atoms with Crippen molar-refractivity contribution in [1.29, 1.82) is 0 Å². The predicted molar refractivity (Wildman–Crippen MR) is 70.6 cm³/mol. The number of rotatable bonds is 3. The standard InChI is InChI=1S/C13H17NO3S/c1-10-2-4-11(5-3-10)13(15)8-12-9-18(16,17)7-6-14-12/h2-5,12,14H,6-9H2,1H3. The summed E-state index contributed by atoms with van der Waals surface area (Å²) in [5.41, 5.74) is 1.75. The molecular formula is C13H17NO3S. The third kappa shape index (κ3) is 3.40. The molecule has 1 unspecified atom stereocenters. The second-order valence-corrected chi connectivity index (χ2v) is 6.99. The average Bonchev–Trinajstić information content (AvgIpc) is 2.28. The number of aryl methyl sites for hydroxylation is 1. The summed E-state index contributed by atoms with van der Waals surface area (Å²) in [5, 5.41) is 3.09. The Morgan fingerprint density at radius 1 is 1.33 bits per heavy atom. The van der Waals surface area contributed by atoms with Gasteiger partial charge in [-0.15, -0.1) is 0 Å². The van der Waals surface area contributed by atoms with Gasteiger partial charge in [-0.2, -0.15) is 0 Å². The number of nitrogens with one attached hydrogen (secondary N) is 1. The lowest BCUT2D eigenvalue weighted by molar-refractivity contribution is 0.0972. The first-order chi connectivity index (χ1) is 8.46. The molecule has 98 valence electrons. The molecule has 2 rings (SSSR count).